The van der Waals surface area contributed by atoms with Crippen molar-refractivity contribution in [3.05, 3.63) is 0 Å². The Morgan fingerprint density at radius 1 is 1.29 bits per heavy atom. The van der Waals surface area contributed by atoms with Crippen LogP contribution >= 0.6 is 0 Å². The number of hydrogen-bond donors (Lipinski definition) is 1. The van der Waals surface area contributed by atoms with Gasteiger partial charge in [0.15, 0.2) is 0 Å². The van der Waals surface area contributed by atoms with E-state index >= 15 is 0 Å². The summed E-state index contributed by atoms with van der Waals surface area (Å²) >= 11 is 0. The molecule has 0 aromatic heterocycles. The van der Waals surface area contributed by atoms with Gasteiger partial charge in [0.05, 0.1) is 19.1 Å². The maximum Gasteiger partial charge on any atom is 0.229 e. The molecule has 0 spiro atoms. The van der Waals surface area contributed by atoms with Crippen molar-refractivity contribution < 1.29 is 9.53 Å². The minimum Gasteiger partial charge on any atom is -0.379 e. The molecular formula is C16H31N3O2. The Kier molecular flexibility index (Phi) is 6.45. The number of piperidine rings is 1. The van der Waals surface area contributed by atoms with Crippen LogP contribution in [-0.2, 0) is 9.53 Å². The average molecular weight is 297 g/mol. The van der Waals surface area contributed by atoms with Crippen LogP contribution in [0.4, 0.5) is 0 Å². The molecule has 2 saturated heterocycles. The van der Waals surface area contributed by atoms with E-state index in [1.54, 1.807) is 0 Å². The molecule has 0 aromatic rings. The van der Waals surface area contributed by atoms with Gasteiger partial charge in [-0.3, -0.25) is 4.79 Å². The number of nitrogens with zero attached hydrogens (tertiary/aromatic N) is 2. The minimum atomic E-state index is -0.00856. The molecule has 2 atom stereocenters. The number of hydrogen-bond acceptors (Lipinski definition) is 4. The fraction of sp³-hybridized carbons (Fsp3) is 0.938. The largest absolute Gasteiger partial charge is 0.379 e. The summed E-state index contributed by atoms with van der Waals surface area (Å²) in [5.74, 6) is 0.252. The molecule has 5 nitrogen and oxygen atoms in total. The number of carbonyl (C=O) groups is 1. The normalized spacial score (nSPS) is 28.0. The summed E-state index contributed by atoms with van der Waals surface area (Å²) in [5, 5.41) is 3.46. The number of amides is 1. The molecule has 21 heavy (non-hydrogen) atoms. The minimum absolute atomic E-state index is 0.00856. The fourth-order valence-electron chi connectivity index (χ4n) is 3.39. The van der Waals surface area contributed by atoms with Crippen molar-refractivity contribution in [2.45, 2.75) is 45.2 Å². The highest BCUT2D eigenvalue weighted by molar-refractivity contribution is 5.80. The van der Waals surface area contributed by atoms with Crippen molar-refractivity contribution in [2.24, 2.45) is 5.92 Å². The van der Waals surface area contributed by atoms with Gasteiger partial charge in [-0.2, -0.15) is 0 Å². The van der Waals surface area contributed by atoms with Crippen LogP contribution in [0.1, 0.15) is 33.1 Å². The second-order valence-electron chi connectivity index (χ2n) is 6.32. The third-order valence-corrected chi connectivity index (χ3v) is 4.95. The van der Waals surface area contributed by atoms with Crippen LogP contribution in [0.15, 0.2) is 0 Å². The molecule has 0 aliphatic carbocycles. The Labute approximate surface area is 129 Å². The van der Waals surface area contributed by atoms with Gasteiger partial charge in [-0.05, 0) is 32.4 Å². The van der Waals surface area contributed by atoms with Gasteiger partial charge >= 0.3 is 0 Å². The lowest BCUT2D eigenvalue weighted by molar-refractivity contribution is -0.137. The molecule has 2 unspecified atom stereocenters. The SMILES string of the molecule is CCCNC1COCC1C(=O)N(C)C1CCN(CC)CC1. The summed E-state index contributed by atoms with van der Waals surface area (Å²) in [6.07, 6.45) is 3.27. The van der Waals surface area contributed by atoms with Crippen molar-refractivity contribution in [1.29, 1.82) is 0 Å². The van der Waals surface area contributed by atoms with Crippen LogP contribution < -0.4 is 5.32 Å². The van der Waals surface area contributed by atoms with E-state index in [1.807, 2.05) is 11.9 Å². The molecule has 2 fully saturated rings. The Balaban J connectivity index is 1.86. The van der Waals surface area contributed by atoms with Crippen LogP contribution in [0.25, 0.3) is 0 Å². The van der Waals surface area contributed by atoms with E-state index < -0.39 is 0 Å². The van der Waals surface area contributed by atoms with Crippen LogP contribution in [-0.4, -0.2) is 74.2 Å². The maximum atomic E-state index is 12.8. The van der Waals surface area contributed by atoms with Gasteiger partial charge in [-0.1, -0.05) is 13.8 Å². The zero-order valence-corrected chi connectivity index (χ0v) is 13.8. The quantitative estimate of drug-likeness (QED) is 0.793. The number of carbonyl (C=O) groups excluding carboxylic acids is 1. The van der Waals surface area contributed by atoms with Gasteiger partial charge in [0.1, 0.15) is 0 Å². The Morgan fingerprint density at radius 3 is 2.62 bits per heavy atom. The van der Waals surface area contributed by atoms with Crippen LogP contribution in [0.2, 0.25) is 0 Å². The zero-order valence-electron chi connectivity index (χ0n) is 13.8. The van der Waals surface area contributed by atoms with Crippen molar-refractivity contribution in [3.8, 4) is 0 Å². The summed E-state index contributed by atoms with van der Waals surface area (Å²) in [6.45, 7) is 9.87. The van der Waals surface area contributed by atoms with Gasteiger partial charge < -0.3 is 19.9 Å². The summed E-state index contributed by atoms with van der Waals surface area (Å²) in [7, 11) is 1.98. The van der Waals surface area contributed by atoms with E-state index in [-0.39, 0.29) is 17.9 Å². The predicted molar refractivity (Wildman–Crippen MR) is 84.3 cm³/mol. The number of likely N-dealkylation sites (tertiary alicyclic amines) is 1. The van der Waals surface area contributed by atoms with Gasteiger partial charge in [-0.25, -0.2) is 0 Å². The Hall–Kier alpha value is -0.650. The van der Waals surface area contributed by atoms with E-state index in [0.717, 1.165) is 45.4 Å². The lowest BCUT2D eigenvalue weighted by Crippen LogP contribution is -2.50. The lowest BCUT2D eigenvalue weighted by Gasteiger charge is -2.37. The highest BCUT2D eigenvalue weighted by Gasteiger charge is 2.37. The molecular weight excluding hydrogens is 266 g/mol. The van der Waals surface area contributed by atoms with Gasteiger partial charge in [0.2, 0.25) is 5.91 Å². The number of nitrogens with one attached hydrogen (secondary N) is 1. The molecule has 2 heterocycles. The van der Waals surface area contributed by atoms with E-state index in [0.29, 0.717) is 19.3 Å². The zero-order chi connectivity index (χ0) is 15.2. The smallest absolute Gasteiger partial charge is 0.229 e. The van der Waals surface area contributed by atoms with Crippen molar-refractivity contribution in [2.75, 3.05) is 46.4 Å². The first kappa shape index (κ1) is 16.7. The molecule has 0 bridgehead atoms. The summed E-state index contributed by atoms with van der Waals surface area (Å²) in [4.78, 5) is 17.2. The number of ether oxygens (including phenoxy) is 1. The molecule has 1 amide bonds. The highest BCUT2D eigenvalue weighted by atomic mass is 16.5. The average Bonchev–Trinajstić information content (AvgIpc) is 3.00. The van der Waals surface area contributed by atoms with Crippen molar-refractivity contribution in [1.82, 2.24) is 15.1 Å². The van der Waals surface area contributed by atoms with Crippen LogP contribution in [0.5, 0.6) is 0 Å². The maximum absolute atomic E-state index is 12.8. The molecule has 5 heteroatoms. The monoisotopic (exact) mass is 297 g/mol. The first-order chi connectivity index (χ1) is 10.2. The summed E-state index contributed by atoms with van der Waals surface area (Å²) in [6, 6.07) is 0.586. The molecule has 2 rings (SSSR count). The lowest BCUT2D eigenvalue weighted by atomic mass is 9.98. The first-order valence-electron chi connectivity index (χ1n) is 8.47. The Bertz CT molecular complexity index is 329. The molecule has 122 valence electrons. The third kappa shape index (κ3) is 4.18. The highest BCUT2D eigenvalue weighted by Crippen LogP contribution is 2.21. The van der Waals surface area contributed by atoms with Crippen molar-refractivity contribution in [3.63, 3.8) is 0 Å². The Morgan fingerprint density at radius 2 is 2.00 bits per heavy atom. The van der Waals surface area contributed by atoms with Gasteiger partial charge in [-0.15, -0.1) is 0 Å². The van der Waals surface area contributed by atoms with Gasteiger partial charge in [0, 0.05) is 32.2 Å². The van der Waals surface area contributed by atoms with Gasteiger partial charge in [0.25, 0.3) is 0 Å². The van der Waals surface area contributed by atoms with E-state index in [2.05, 4.69) is 24.1 Å². The molecule has 2 aliphatic heterocycles. The molecule has 0 radical (unpaired) electrons. The molecule has 0 saturated carbocycles. The standard InChI is InChI=1S/C16H31N3O2/c1-4-8-17-15-12-21-11-14(15)16(20)18(3)13-6-9-19(5-2)10-7-13/h13-15,17H,4-12H2,1-3H3. The molecule has 1 N–H and O–H groups in total. The summed E-state index contributed by atoms with van der Waals surface area (Å²) in [5.41, 5.74) is 0. The topological polar surface area (TPSA) is 44.8 Å². The van der Waals surface area contributed by atoms with Crippen molar-refractivity contribution >= 4 is 5.91 Å². The van der Waals surface area contributed by atoms with E-state index in [4.69, 9.17) is 4.74 Å². The molecule has 2 aliphatic rings. The van der Waals surface area contributed by atoms with E-state index in [1.165, 1.54) is 0 Å². The predicted octanol–water partition coefficient (Wildman–Crippen LogP) is 0.944. The second-order valence-corrected chi connectivity index (χ2v) is 6.32. The van der Waals surface area contributed by atoms with Crippen LogP contribution in [0.3, 0.4) is 0 Å². The molecule has 0 aromatic carbocycles. The van der Waals surface area contributed by atoms with Crippen LogP contribution in [0, 0.1) is 5.92 Å². The fourth-order valence-corrected chi connectivity index (χ4v) is 3.39. The number of rotatable bonds is 6. The van der Waals surface area contributed by atoms with E-state index in [9.17, 15) is 4.79 Å². The first-order valence-corrected chi connectivity index (χ1v) is 8.47. The third-order valence-electron chi connectivity index (χ3n) is 4.95. The summed E-state index contributed by atoms with van der Waals surface area (Å²) < 4.78 is 5.54. The second kappa shape index (κ2) is 8.11.